The van der Waals surface area contributed by atoms with E-state index < -0.39 is 0 Å². The maximum atomic E-state index is 5.44. The second-order valence-corrected chi connectivity index (χ2v) is 3.39. The molecule has 0 aliphatic carbocycles. The molecule has 14 heavy (non-hydrogen) atoms. The molecule has 1 nitrogen and oxygen atoms in total. The van der Waals surface area contributed by atoms with Crippen molar-refractivity contribution in [3.05, 3.63) is 36.8 Å². The smallest absolute Gasteiger partial charge is 0.119 e. The fourth-order valence-corrected chi connectivity index (χ4v) is 1.46. The van der Waals surface area contributed by atoms with Crippen LogP contribution in [0.25, 0.3) is 0 Å². The van der Waals surface area contributed by atoms with Crippen LogP contribution in [0.15, 0.2) is 24.3 Å². The van der Waals surface area contributed by atoms with E-state index in [1.54, 1.807) is 0 Å². The molecule has 0 bridgehead atoms. The molecule has 0 amide bonds. The fourth-order valence-electron chi connectivity index (χ4n) is 1.46. The number of rotatable bonds is 6. The third kappa shape index (κ3) is 3.82. The molecule has 77 valence electrons. The first kappa shape index (κ1) is 11.1. The number of ether oxygens (including phenoxy) is 1. The molecule has 0 atom stereocenters. The van der Waals surface area contributed by atoms with E-state index in [4.69, 9.17) is 4.74 Å². The number of aryl methyl sites for hydroxylation is 1. The molecule has 1 radical (unpaired) electrons. The highest BCUT2D eigenvalue weighted by atomic mass is 16.5. The Kier molecular flexibility index (Phi) is 5.13. The Morgan fingerprint density at radius 1 is 1.29 bits per heavy atom. The summed E-state index contributed by atoms with van der Waals surface area (Å²) in [6.07, 6.45) is 4.60. The lowest BCUT2D eigenvalue weighted by molar-refractivity contribution is 0.340. The lowest BCUT2D eigenvalue weighted by Gasteiger charge is -2.05. The van der Waals surface area contributed by atoms with Gasteiger partial charge in [0.15, 0.2) is 0 Å². The van der Waals surface area contributed by atoms with Crippen LogP contribution in [0.5, 0.6) is 5.75 Å². The summed E-state index contributed by atoms with van der Waals surface area (Å²) >= 11 is 0. The monoisotopic (exact) mass is 191 g/mol. The van der Waals surface area contributed by atoms with E-state index in [9.17, 15) is 0 Å². The van der Waals surface area contributed by atoms with Crippen LogP contribution in [0.2, 0.25) is 0 Å². The Balaban J connectivity index is 2.46. The molecule has 0 N–H and O–H groups in total. The maximum Gasteiger partial charge on any atom is 0.119 e. The molecule has 0 aliphatic heterocycles. The van der Waals surface area contributed by atoms with Crippen LogP contribution in [0.1, 0.15) is 31.7 Å². The Hall–Kier alpha value is -0.980. The van der Waals surface area contributed by atoms with Crippen molar-refractivity contribution in [2.24, 2.45) is 0 Å². The second kappa shape index (κ2) is 6.47. The predicted molar refractivity (Wildman–Crippen MR) is 60.5 cm³/mol. The highest BCUT2D eigenvalue weighted by molar-refractivity contribution is 5.28. The molecule has 0 saturated heterocycles. The minimum atomic E-state index is 0.738. The fraction of sp³-hybridized carbons (Fsp3) is 0.462. The van der Waals surface area contributed by atoms with E-state index >= 15 is 0 Å². The van der Waals surface area contributed by atoms with Crippen LogP contribution in [-0.4, -0.2) is 6.61 Å². The summed E-state index contributed by atoms with van der Waals surface area (Å²) in [6, 6.07) is 8.36. The molecule has 0 fully saturated rings. The molecule has 0 saturated carbocycles. The van der Waals surface area contributed by atoms with Gasteiger partial charge in [-0.1, -0.05) is 31.9 Å². The van der Waals surface area contributed by atoms with Gasteiger partial charge in [-0.2, -0.15) is 0 Å². The molecule has 1 aromatic carbocycles. The molecular weight excluding hydrogens is 172 g/mol. The molecule has 0 aromatic heterocycles. The molecular formula is C13H19O. The van der Waals surface area contributed by atoms with Crippen molar-refractivity contribution in [1.29, 1.82) is 0 Å². The topological polar surface area (TPSA) is 9.23 Å². The van der Waals surface area contributed by atoms with Crippen LogP contribution >= 0.6 is 0 Å². The number of benzene rings is 1. The minimum absolute atomic E-state index is 0.738. The predicted octanol–water partition coefficient (Wildman–Crippen LogP) is 3.63. The van der Waals surface area contributed by atoms with Gasteiger partial charge in [0, 0.05) is 0 Å². The summed E-state index contributed by atoms with van der Waals surface area (Å²) < 4.78 is 5.44. The highest BCUT2D eigenvalue weighted by Gasteiger charge is 1.95. The lowest BCUT2D eigenvalue weighted by atomic mass is 10.1. The average Bonchev–Trinajstić information content (AvgIpc) is 2.19. The van der Waals surface area contributed by atoms with Gasteiger partial charge < -0.3 is 4.74 Å². The zero-order valence-corrected chi connectivity index (χ0v) is 8.96. The largest absolute Gasteiger partial charge is 0.494 e. The quantitative estimate of drug-likeness (QED) is 0.624. The van der Waals surface area contributed by atoms with Crippen LogP contribution in [0.3, 0.4) is 0 Å². The Labute approximate surface area is 87.1 Å². The molecule has 1 rings (SSSR count). The zero-order valence-electron chi connectivity index (χ0n) is 8.96. The van der Waals surface area contributed by atoms with Crippen molar-refractivity contribution >= 4 is 0 Å². The molecule has 0 spiro atoms. The number of unbranched alkanes of at least 4 members (excludes halogenated alkanes) is 2. The van der Waals surface area contributed by atoms with Gasteiger partial charge in [0.2, 0.25) is 0 Å². The first-order valence-electron chi connectivity index (χ1n) is 5.37. The highest BCUT2D eigenvalue weighted by Crippen LogP contribution is 2.15. The van der Waals surface area contributed by atoms with Crippen molar-refractivity contribution in [2.45, 2.75) is 32.6 Å². The van der Waals surface area contributed by atoms with E-state index in [0.717, 1.165) is 25.2 Å². The van der Waals surface area contributed by atoms with Crippen LogP contribution < -0.4 is 4.74 Å². The zero-order chi connectivity index (χ0) is 10.2. The molecule has 0 heterocycles. The lowest BCUT2D eigenvalue weighted by Crippen LogP contribution is -1.92. The standard InChI is InChI=1S/C13H19O/c1-3-5-6-8-12-9-7-10-13(11-12)14-4-2/h7,9-11H,1,3-6,8H2,2H3. The number of hydrogen-bond acceptors (Lipinski definition) is 1. The summed E-state index contributed by atoms with van der Waals surface area (Å²) in [5, 5.41) is 0. The average molecular weight is 191 g/mol. The summed E-state index contributed by atoms with van der Waals surface area (Å²) in [5.74, 6) is 0.986. The Morgan fingerprint density at radius 2 is 2.14 bits per heavy atom. The summed E-state index contributed by atoms with van der Waals surface area (Å²) in [5.41, 5.74) is 1.37. The van der Waals surface area contributed by atoms with Crippen molar-refractivity contribution in [3.63, 3.8) is 0 Å². The Bertz CT molecular complexity index is 255. The van der Waals surface area contributed by atoms with Crippen molar-refractivity contribution in [1.82, 2.24) is 0 Å². The first-order chi connectivity index (χ1) is 6.86. The molecule has 0 unspecified atom stereocenters. The summed E-state index contributed by atoms with van der Waals surface area (Å²) in [6.45, 7) is 6.59. The summed E-state index contributed by atoms with van der Waals surface area (Å²) in [7, 11) is 0. The van der Waals surface area contributed by atoms with E-state index in [1.807, 2.05) is 13.0 Å². The van der Waals surface area contributed by atoms with Gasteiger partial charge in [0.25, 0.3) is 0 Å². The van der Waals surface area contributed by atoms with Crippen molar-refractivity contribution in [3.8, 4) is 5.75 Å². The summed E-state index contributed by atoms with van der Waals surface area (Å²) in [4.78, 5) is 0. The third-order valence-electron chi connectivity index (χ3n) is 2.17. The van der Waals surface area contributed by atoms with Crippen LogP contribution in [-0.2, 0) is 6.42 Å². The van der Waals surface area contributed by atoms with Crippen LogP contribution in [0, 0.1) is 6.92 Å². The van der Waals surface area contributed by atoms with Gasteiger partial charge in [-0.05, 0) is 37.5 Å². The van der Waals surface area contributed by atoms with Gasteiger partial charge in [0.05, 0.1) is 6.61 Å². The van der Waals surface area contributed by atoms with E-state index in [0.29, 0.717) is 0 Å². The second-order valence-electron chi connectivity index (χ2n) is 3.39. The van der Waals surface area contributed by atoms with Gasteiger partial charge in [-0.25, -0.2) is 0 Å². The Morgan fingerprint density at radius 3 is 2.86 bits per heavy atom. The van der Waals surface area contributed by atoms with Gasteiger partial charge in [-0.15, -0.1) is 0 Å². The van der Waals surface area contributed by atoms with E-state index in [1.165, 1.54) is 18.4 Å². The minimum Gasteiger partial charge on any atom is -0.494 e. The first-order valence-corrected chi connectivity index (χ1v) is 5.37. The van der Waals surface area contributed by atoms with E-state index in [-0.39, 0.29) is 0 Å². The van der Waals surface area contributed by atoms with Crippen molar-refractivity contribution in [2.75, 3.05) is 6.61 Å². The van der Waals surface area contributed by atoms with E-state index in [2.05, 4.69) is 25.1 Å². The molecule has 1 heteroatoms. The molecule has 1 aromatic rings. The number of hydrogen-bond donors (Lipinski definition) is 0. The van der Waals surface area contributed by atoms with Gasteiger partial charge in [0.1, 0.15) is 5.75 Å². The third-order valence-corrected chi connectivity index (χ3v) is 2.17. The normalized spacial score (nSPS) is 10.1. The van der Waals surface area contributed by atoms with Crippen molar-refractivity contribution < 1.29 is 4.74 Å². The van der Waals surface area contributed by atoms with Gasteiger partial charge >= 0.3 is 0 Å². The molecule has 0 aliphatic rings. The van der Waals surface area contributed by atoms with Gasteiger partial charge in [-0.3, -0.25) is 0 Å². The maximum absolute atomic E-state index is 5.44. The van der Waals surface area contributed by atoms with Crippen LogP contribution in [0.4, 0.5) is 0 Å². The SMILES string of the molecule is [CH2]CCCCc1cccc(OCC)c1.